The predicted molar refractivity (Wildman–Crippen MR) is 94.2 cm³/mol. The molecule has 1 heterocycles. The van der Waals surface area contributed by atoms with Crippen molar-refractivity contribution in [3.8, 4) is 5.75 Å². The van der Waals surface area contributed by atoms with E-state index in [4.69, 9.17) is 21.1 Å². The van der Waals surface area contributed by atoms with Crippen LogP contribution < -0.4 is 10.1 Å². The second kappa shape index (κ2) is 6.42. The van der Waals surface area contributed by atoms with Gasteiger partial charge in [0.05, 0.1) is 6.61 Å². The van der Waals surface area contributed by atoms with Gasteiger partial charge in [0.15, 0.2) is 6.79 Å². The normalized spacial score (nSPS) is 14.1. The lowest BCUT2D eigenvalue weighted by molar-refractivity contribution is -0.0169. The first kappa shape index (κ1) is 16.2. The van der Waals surface area contributed by atoms with Crippen LogP contribution in [0, 0.1) is 0 Å². The summed E-state index contributed by atoms with van der Waals surface area (Å²) in [5, 5.41) is 4.24. The molecule has 0 spiro atoms. The molecule has 23 heavy (non-hydrogen) atoms. The Labute approximate surface area is 142 Å². The van der Waals surface area contributed by atoms with E-state index in [1.807, 2.05) is 12.1 Å². The maximum absolute atomic E-state index is 6.23. The molecular formula is C19H22ClNO2. The van der Waals surface area contributed by atoms with E-state index in [9.17, 15) is 0 Å². The maximum atomic E-state index is 6.23. The zero-order valence-electron chi connectivity index (χ0n) is 13.8. The number of halogens is 1. The van der Waals surface area contributed by atoms with Crippen LogP contribution in [0.25, 0.3) is 0 Å². The average Bonchev–Trinajstić information content (AvgIpc) is 2.52. The average molecular weight is 332 g/mol. The highest BCUT2D eigenvalue weighted by molar-refractivity contribution is 6.30. The monoisotopic (exact) mass is 331 g/mol. The number of rotatable bonds is 3. The number of hydrogen-bond acceptors (Lipinski definition) is 3. The van der Waals surface area contributed by atoms with E-state index < -0.39 is 0 Å². The van der Waals surface area contributed by atoms with Gasteiger partial charge in [-0.3, -0.25) is 0 Å². The van der Waals surface area contributed by atoms with Crippen molar-refractivity contribution in [1.29, 1.82) is 0 Å². The summed E-state index contributed by atoms with van der Waals surface area (Å²) in [6.45, 7) is 8.15. The zero-order chi connectivity index (χ0) is 16.4. The van der Waals surface area contributed by atoms with Crippen molar-refractivity contribution in [2.45, 2.75) is 39.3 Å². The van der Waals surface area contributed by atoms with Gasteiger partial charge in [-0.2, -0.15) is 0 Å². The number of nitrogens with one attached hydrogen (secondary N) is 1. The molecule has 0 saturated carbocycles. The number of para-hydroxylation sites is 1. The van der Waals surface area contributed by atoms with Gasteiger partial charge in [0.2, 0.25) is 0 Å². The van der Waals surface area contributed by atoms with Crippen molar-refractivity contribution in [3.63, 3.8) is 0 Å². The molecule has 0 fully saturated rings. The first-order valence-electron chi connectivity index (χ1n) is 7.80. The second-order valence-electron chi connectivity index (χ2n) is 6.81. The minimum Gasteiger partial charge on any atom is -0.467 e. The van der Waals surface area contributed by atoms with E-state index in [0.717, 1.165) is 22.6 Å². The fourth-order valence-corrected chi connectivity index (χ4v) is 3.13. The van der Waals surface area contributed by atoms with E-state index in [1.165, 1.54) is 5.56 Å². The fraction of sp³-hybridized carbons (Fsp3) is 0.368. The Bertz CT molecular complexity index is 707. The third-order valence-electron chi connectivity index (χ3n) is 3.96. The summed E-state index contributed by atoms with van der Waals surface area (Å²) in [4.78, 5) is 0. The zero-order valence-corrected chi connectivity index (χ0v) is 14.5. The number of hydrogen-bond donors (Lipinski definition) is 1. The number of benzene rings is 2. The van der Waals surface area contributed by atoms with Crippen molar-refractivity contribution >= 4 is 17.3 Å². The minimum absolute atomic E-state index is 0.0850. The third-order valence-corrected chi connectivity index (χ3v) is 4.17. The highest BCUT2D eigenvalue weighted by atomic mass is 35.5. The summed E-state index contributed by atoms with van der Waals surface area (Å²) >= 11 is 6.23. The molecule has 0 saturated heterocycles. The molecule has 2 aromatic rings. The van der Waals surface area contributed by atoms with Gasteiger partial charge in [-0.1, -0.05) is 50.6 Å². The smallest absolute Gasteiger partial charge is 0.189 e. The van der Waals surface area contributed by atoms with Gasteiger partial charge in [0.25, 0.3) is 0 Å². The summed E-state index contributed by atoms with van der Waals surface area (Å²) < 4.78 is 11.0. The topological polar surface area (TPSA) is 30.5 Å². The lowest BCUT2D eigenvalue weighted by Crippen LogP contribution is -2.16. The van der Waals surface area contributed by atoms with E-state index in [2.05, 4.69) is 50.4 Å². The molecule has 3 rings (SSSR count). The number of anilines is 1. The van der Waals surface area contributed by atoms with Crippen LogP contribution in [0.2, 0.25) is 5.02 Å². The Balaban J connectivity index is 1.86. The molecule has 0 atom stereocenters. The van der Waals surface area contributed by atoms with Crippen LogP contribution in [-0.2, 0) is 23.3 Å². The molecule has 2 aromatic carbocycles. The Hall–Kier alpha value is -1.71. The van der Waals surface area contributed by atoms with Crippen molar-refractivity contribution in [2.24, 2.45) is 0 Å². The molecule has 1 aliphatic heterocycles. The van der Waals surface area contributed by atoms with Crippen LogP contribution >= 0.6 is 11.6 Å². The van der Waals surface area contributed by atoms with Crippen molar-refractivity contribution in [1.82, 2.24) is 0 Å². The molecule has 0 unspecified atom stereocenters. The number of fused-ring (bicyclic) bond motifs is 1. The Kier molecular flexibility index (Phi) is 4.51. The van der Waals surface area contributed by atoms with Gasteiger partial charge in [0.1, 0.15) is 5.75 Å². The van der Waals surface area contributed by atoms with Crippen LogP contribution in [0.15, 0.2) is 36.4 Å². The van der Waals surface area contributed by atoms with E-state index >= 15 is 0 Å². The van der Waals surface area contributed by atoms with Gasteiger partial charge in [-0.05, 0) is 29.2 Å². The molecule has 122 valence electrons. The van der Waals surface area contributed by atoms with Gasteiger partial charge in [0, 0.05) is 28.4 Å². The molecule has 0 aliphatic carbocycles. The molecule has 0 aromatic heterocycles. The summed E-state index contributed by atoms with van der Waals surface area (Å²) in [7, 11) is 0. The fourth-order valence-electron chi connectivity index (χ4n) is 2.87. The van der Waals surface area contributed by atoms with Gasteiger partial charge in [-0.25, -0.2) is 0 Å². The lowest BCUT2D eigenvalue weighted by atomic mass is 9.86. The predicted octanol–water partition coefficient (Wildman–Crippen LogP) is 5.12. The van der Waals surface area contributed by atoms with E-state index in [-0.39, 0.29) is 5.41 Å². The lowest BCUT2D eigenvalue weighted by Gasteiger charge is -2.25. The molecule has 3 nitrogen and oxygen atoms in total. The van der Waals surface area contributed by atoms with E-state index in [1.54, 1.807) is 0 Å². The van der Waals surface area contributed by atoms with Crippen LogP contribution in [0.5, 0.6) is 5.75 Å². The summed E-state index contributed by atoms with van der Waals surface area (Å²) in [5.74, 6) is 0.890. The standard InChI is InChI=1S/C19H22ClNO2/c1-19(2,3)16-6-4-5-7-17(16)21-10-13-8-15(20)9-14-11-22-12-23-18(13)14/h4-9,21H,10-12H2,1-3H3. The third kappa shape index (κ3) is 3.62. The summed E-state index contributed by atoms with van der Waals surface area (Å²) in [5.41, 5.74) is 4.58. The first-order valence-corrected chi connectivity index (χ1v) is 8.18. The largest absolute Gasteiger partial charge is 0.467 e. The minimum atomic E-state index is 0.0850. The first-order chi connectivity index (χ1) is 10.9. The van der Waals surface area contributed by atoms with Crippen LogP contribution in [-0.4, -0.2) is 6.79 Å². The SMILES string of the molecule is CC(C)(C)c1ccccc1NCc1cc(Cl)cc2c1OCOC2. The summed E-state index contributed by atoms with van der Waals surface area (Å²) in [6, 6.07) is 12.3. The van der Waals surface area contributed by atoms with Crippen molar-refractivity contribution in [2.75, 3.05) is 12.1 Å². The Morgan fingerprint density at radius 2 is 1.96 bits per heavy atom. The molecule has 0 radical (unpaired) electrons. The van der Waals surface area contributed by atoms with Crippen LogP contribution in [0.1, 0.15) is 37.5 Å². The molecule has 0 bridgehead atoms. The highest BCUT2D eigenvalue weighted by Gasteiger charge is 2.19. The Morgan fingerprint density at radius 1 is 1.17 bits per heavy atom. The van der Waals surface area contributed by atoms with Crippen molar-refractivity contribution in [3.05, 3.63) is 58.1 Å². The molecule has 1 N–H and O–H groups in total. The quantitative estimate of drug-likeness (QED) is 0.847. The molecular weight excluding hydrogens is 310 g/mol. The van der Waals surface area contributed by atoms with Gasteiger partial charge in [-0.15, -0.1) is 0 Å². The van der Waals surface area contributed by atoms with Crippen molar-refractivity contribution < 1.29 is 9.47 Å². The summed E-state index contributed by atoms with van der Waals surface area (Å²) in [6.07, 6.45) is 0. The second-order valence-corrected chi connectivity index (χ2v) is 7.25. The maximum Gasteiger partial charge on any atom is 0.189 e. The Morgan fingerprint density at radius 3 is 2.74 bits per heavy atom. The van der Waals surface area contributed by atoms with E-state index in [0.29, 0.717) is 25.0 Å². The number of ether oxygens (including phenoxy) is 2. The van der Waals surface area contributed by atoms with Crippen LogP contribution in [0.4, 0.5) is 5.69 Å². The molecule has 4 heteroatoms. The van der Waals surface area contributed by atoms with Crippen LogP contribution in [0.3, 0.4) is 0 Å². The molecule has 0 amide bonds. The highest BCUT2D eigenvalue weighted by Crippen LogP contribution is 2.33. The van der Waals surface area contributed by atoms with Gasteiger partial charge < -0.3 is 14.8 Å². The van der Waals surface area contributed by atoms with Gasteiger partial charge >= 0.3 is 0 Å². The molecule has 1 aliphatic rings.